The number of anilines is 2. The molecule has 2 fully saturated rings. The molecule has 2 aromatic heterocycles. The van der Waals surface area contributed by atoms with E-state index in [-0.39, 0.29) is 17.2 Å². The second-order valence-corrected chi connectivity index (χ2v) is 9.13. The average Bonchev–Trinajstić information content (AvgIpc) is 3.34. The molecule has 1 aliphatic carbocycles. The highest BCUT2D eigenvalue weighted by molar-refractivity contribution is 5.98. The van der Waals surface area contributed by atoms with Crippen LogP contribution in [0.25, 0.3) is 22.0 Å². The summed E-state index contributed by atoms with van der Waals surface area (Å²) >= 11 is 0. The predicted molar refractivity (Wildman–Crippen MR) is 126 cm³/mol. The molecule has 2 atom stereocenters. The number of aryl methyl sites for hydroxylation is 1. The number of carbonyl (C=O) groups excluding carboxylic acids is 1. The zero-order valence-corrected chi connectivity index (χ0v) is 18.6. The van der Waals surface area contributed by atoms with Gasteiger partial charge in [-0.25, -0.2) is 9.97 Å². The summed E-state index contributed by atoms with van der Waals surface area (Å²) in [6, 6.07) is 12.0. The van der Waals surface area contributed by atoms with Gasteiger partial charge in [0.25, 0.3) is 0 Å². The molecule has 3 aromatic rings. The Kier molecular flexibility index (Phi) is 5.31. The second kappa shape index (κ2) is 8.15. The van der Waals surface area contributed by atoms with E-state index in [2.05, 4.69) is 33.2 Å². The van der Waals surface area contributed by atoms with Crippen LogP contribution in [0.1, 0.15) is 18.4 Å². The fourth-order valence-corrected chi connectivity index (χ4v) is 5.02. The van der Waals surface area contributed by atoms with Crippen molar-refractivity contribution in [3.8, 4) is 11.3 Å². The van der Waals surface area contributed by atoms with Crippen LogP contribution < -0.4 is 11.1 Å². The Morgan fingerprint density at radius 2 is 2.19 bits per heavy atom. The number of pyridine rings is 2. The van der Waals surface area contributed by atoms with E-state index in [0.29, 0.717) is 11.6 Å². The number of hydrogen-bond acceptors (Lipinski definition) is 6. The summed E-state index contributed by atoms with van der Waals surface area (Å²) in [5.41, 5.74) is 9.35. The Labute approximate surface area is 188 Å². The van der Waals surface area contributed by atoms with Gasteiger partial charge in [0.1, 0.15) is 11.6 Å². The fraction of sp³-hybridized carbons (Fsp3) is 0.400. The van der Waals surface area contributed by atoms with Crippen molar-refractivity contribution in [1.82, 2.24) is 14.9 Å². The van der Waals surface area contributed by atoms with Gasteiger partial charge in [-0.3, -0.25) is 4.79 Å². The van der Waals surface area contributed by atoms with Gasteiger partial charge in [-0.15, -0.1) is 0 Å². The topological polar surface area (TPSA) is 93.4 Å². The zero-order chi connectivity index (χ0) is 22.3. The molecule has 3 N–H and O–H groups in total. The van der Waals surface area contributed by atoms with Crippen molar-refractivity contribution in [2.45, 2.75) is 19.8 Å². The third kappa shape index (κ3) is 3.82. The summed E-state index contributed by atoms with van der Waals surface area (Å²) in [5.74, 6) is 1.11. The zero-order valence-electron chi connectivity index (χ0n) is 18.6. The van der Waals surface area contributed by atoms with Crippen LogP contribution in [0.3, 0.4) is 0 Å². The number of nitrogens with zero attached hydrogens (tertiary/aromatic N) is 3. The summed E-state index contributed by atoms with van der Waals surface area (Å²) < 4.78 is 5.19. The molecule has 0 unspecified atom stereocenters. The van der Waals surface area contributed by atoms with Crippen LogP contribution in [-0.2, 0) is 9.53 Å². The van der Waals surface area contributed by atoms with Gasteiger partial charge in [-0.1, -0.05) is 24.3 Å². The number of nitrogen functional groups attached to an aromatic ring is 1. The molecule has 32 heavy (non-hydrogen) atoms. The first-order chi connectivity index (χ1) is 15.5. The highest BCUT2D eigenvalue weighted by Crippen LogP contribution is 2.58. The SMILES string of the molecule is COCCN1CC[C@]2(C[C@H]2C(=O)Nc2cc3cc(-c4ccccc4C)nc(N)c3cn2)C1. The molecule has 2 aliphatic rings. The summed E-state index contributed by atoms with van der Waals surface area (Å²) in [6.07, 6.45) is 3.71. The van der Waals surface area contributed by atoms with E-state index in [9.17, 15) is 4.79 Å². The summed E-state index contributed by atoms with van der Waals surface area (Å²) in [7, 11) is 1.73. The van der Waals surface area contributed by atoms with Crippen LogP contribution in [0.15, 0.2) is 42.6 Å². The molecule has 1 amide bonds. The predicted octanol–water partition coefficient (Wildman–Crippen LogP) is 3.48. The van der Waals surface area contributed by atoms with Crippen LogP contribution in [-0.4, -0.2) is 54.1 Å². The van der Waals surface area contributed by atoms with Gasteiger partial charge in [-0.2, -0.15) is 0 Å². The van der Waals surface area contributed by atoms with Crippen molar-refractivity contribution in [2.75, 3.05) is 44.4 Å². The lowest BCUT2D eigenvalue weighted by atomic mass is 10.0. The number of ether oxygens (including phenoxy) is 1. The van der Waals surface area contributed by atoms with E-state index < -0.39 is 0 Å². The quantitative estimate of drug-likeness (QED) is 0.621. The van der Waals surface area contributed by atoms with Gasteiger partial charge in [0.05, 0.1) is 12.3 Å². The number of aromatic nitrogens is 2. The summed E-state index contributed by atoms with van der Waals surface area (Å²) in [4.78, 5) is 24.4. The maximum atomic E-state index is 13.0. The number of likely N-dealkylation sites (tertiary alicyclic amines) is 1. The number of methoxy groups -OCH3 is 1. The largest absolute Gasteiger partial charge is 0.383 e. The lowest BCUT2D eigenvalue weighted by Gasteiger charge is -2.15. The molecule has 3 heterocycles. The maximum Gasteiger partial charge on any atom is 0.229 e. The first-order valence-corrected chi connectivity index (χ1v) is 11.1. The molecule has 1 spiro atoms. The van der Waals surface area contributed by atoms with Crippen molar-refractivity contribution in [1.29, 1.82) is 0 Å². The highest BCUT2D eigenvalue weighted by Gasteiger charge is 2.60. The third-order valence-corrected chi connectivity index (χ3v) is 7.00. The molecular formula is C25H29N5O2. The number of fused-ring (bicyclic) bond motifs is 1. The summed E-state index contributed by atoms with van der Waals surface area (Å²) in [6.45, 7) is 5.73. The van der Waals surface area contributed by atoms with Crippen molar-refractivity contribution in [2.24, 2.45) is 11.3 Å². The van der Waals surface area contributed by atoms with E-state index in [1.807, 2.05) is 30.3 Å². The van der Waals surface area contributed by atoms with Gasteiger partial charge in [-0.05, 0) is 54.8 Å². The van der Waals surface area contributed by atoms with Gasteiger partial charge in [0.15, 0.2) is 0 Å². The van der Waals surface area contributed by atoms with Crippen LogP contribution in [0.5, 0.6) is 0 Å². The highest BCUT2D eigenvalue weighted by atomic mass is 16.5. The number of amides is 1. The van der Waals surface area contributed by atoms with Crippen LogP contribution in [0.4, 0.5) is 11.6 Å². The van der Waals surface area contributed by atoms with E-state index in [1.54, 1.807) is 13.3 Å². The van der Waals surface area contributed by atoms with E-state index >= 15 is 0 Å². The van der Waals surface area contributed by atoms with E-state index in [1.165, 1.54) is 0 Å². The first kappa shape index (κ1) is 20.8. The van der Waals surface area contributed by atoms with Crippen LogP contribution >= 0.6 is 0 Å². The number of carbonyl (C=O) groups is 1. The van der Waals surface area contributed by atoms with Crippen molar-refractivity contribution in [3.05, 3.63) is 48.2 Å². The molecule has 0 bridgehead atoms. The Hall–Kier alpha value is -3.03. The van der Waals surface area contributed by atoms with Crippen molar-refractivity contribution in [3.63, 3.8) is 0 Å². The molecular weight excluding hydrogens is 402 g/mol. The number of rotatable bonds is 6. The second-order valence-electron chi connectivity index (χ2n) is 9.13. The minimum absolute atomic E-state index is 0.0533. The normalized spacial score (nSPS) is 22.5. The van der Waals surface area contributed by atoms with Crippen molar-refractivity contribution < 1.29 is 9.53 Å². The Bertz CT molecular complexity index is 1180. The molecule has 1 saturated carbocycles. The number of nitrogens with one attached hydrogen (secondary N) is 1. The van der Waals surface area contributed by atoms with Crippen molar-refractivity contribution >= 4 is 28.3 Å². The van der Waals surface area contributed by atoms with E-state index in [0.717, 1.165) is 66.7 Å². The fourth-order valence-electron chi connectivity index (χ4n) is 5.02. The van der Waals surface area contributed by atoms with Gasteiger partial charge in [0.2, 0.25) is 5.91 Å². The Morgan fingerprint density at radius 3 is 3.00 bits per heavy atom. The average molecular weight is 432 g/mol. The Morgan fingerprint density at radius 1 is 1.34 bits per heavy atom. The molecule has 7 heteroatoms. The standard InChI is InChI=1S/C25H29N5O2/c1-16-5-3-4-6-18(16)21-11-17-12-22(27-14-19(17)23(26)28-21)29-24(31)20-13-25(20)7-8-30(15-25)9-10-32-2/h3-6,11-12,14,20H,7-10,13,15H2,1-2H3,(H2,26,28)(H,27,29,31)/t20-,25-/m0/s1. The lowest BCUT2D eigenvalue weighted by molar-refractivity contribution is -0.118. The molecule has 1 aromatic carbocycles. The first-order valence-electron chi connectivity index (χ1n) is 11.1. The Balaban J connectivity index is 1.33. The summed E-state index contributed by atoms with van der Waals surface area (Å²) in [5, 5.41) is 4.74. The molecule has 5 rings (SSSR count). The molecule has 166 valence electrons. The van der Waals surface area contributed by atoms with Gasteiger partial charge < -0.3 is 20.7 Å². The molecule has 1 aliphatic heterocycles. The van der Waals surface area contributed by atoms with Gasteiger partial charge >= 0.3 is 0 Å². The van der Waals surface area contributed by atoms with Crippen LogP contribution in [0, 0.1) is 18.3 Å². The lowest BCUT2D eigenvalue weighted by Crippen LogP contribution is -2.26. The minimum atomic E-state index is 0.0533. The third-order valence-electron chi connectivity index (χ3n) is 7.00. The number of benzene rings is 1. The van der Waals surface area contributed by atoms with Crippen LogP contribution in [0.2, 0.25) is 0 Å². The molecule has 0 radical (unpaired) electrons. The number of hydrogen-bond donors (Lipinski definition) is 2. The number of nitrogens with two attached hydrogens (primary N) is 1. The minimum Gasteiger partial charge on any atom is -0.383 e. The van der Waals surface area contributed by atoms with E-state index in [4.69, 9.17) is 10.5 Å². The van der Waals surface area contributed by atoms with Gasteiger partial charge in [0, 0.05) is 43.3 Å². The molecule has 7 nitrogen and oxygen atoms in total. The molecule has 1 saturated heterocycles. The smallest absolute Gasteiger partial charge is 0.229 e. The monoisotopic (exact) mass is 431 g/mol. The maximum absolute atomic E-state index is 13.0.